The Morgan fingerprint density at radius 3 is 2.25 bits per heavy atom. The minimum atomic E-state index is 0. The molecule has 0 nitrogen and oxygen atoms in total. The summed E-state index contributed by atoms with van der Waals surface area (Å²) in [5.41, 5.74) is 2.71. The van der Waals surface area contributed by atoms with Crippen molar-refractivity contribution in [1.82, 2.24) is 0 Å². The van der Waals surface area contributed by atoms with Crippen LogP contribution in [-0.4, -0.2) is 0 Å². The largest absolute Gasteiger partial charge is 0.270 e. The molecule has 0 amide bonds. The molecule has 0 fully saturated rings. The second kappa shape index (κ2) is 3.40. The first-order chi connectivity index (χ1) is 3.30. The topological polar surface area (TPSA) is 0 Å². The quantitative estimate of drug-likeness (QED) is 0.506. The fourth-order valence-electron chi connectivity index (χ4n) is 0.650. The molecule has 0 aromatic rings. The maximum atomic E-state index is 3.19. The summed E-state index contributed by atoms with van der Waals surface area (Å²) in [7, 11) is 0. The molecule has 1 heteroatoms. The van der Waals surface area contributed by atoms with Crippen LogP contribution >= 0.6 is 0 Å². The van der Waals surface area contributed by atoms with Crippen LogP contribution in [0.4, 0.5) is 0 Å². The molecule has 42 valence electrons. The van der Waals surface area contributed by atoms with Crippen molar-refractivity contribution in [3.63, 3.8) is 0 Å². The molecule has 0 aliphatic heterocycles. The van der Waals surface area contributed by atoms with Crippen LogP contribution in [0.1, 0.15) is 20.3 Å². The fourth-order valence-corrected chi connectivity index (χ4v) is 0.650. The number of hydrogen-bond donors (Lipinski definition) is 0. The van der Waals surface area contributed by atoms with Crippen LogP contribution in [-0.2, 0) is 26.2 Å². The molecule has 0 saturated carbocycles. The first kappa shape index (κ1) is 8.36. The van der Waals surface area contributed by atoms with Gasteiger partial charge in [0.05, 0.1) is 0 Å². The second-order valence-corrected chi connectivity index (χ2v) is 1.89. The van der Waals surface area contributed by atoms with E-state index in [-0.39, 0.29) is 26.2 Å². The van der Waals surface area contributed by atoms with E-state index in [2.05, 4.69) is 26.0 Å². The smallest absolute Gasteiger partial charge is 0 e. The van der Waals surface area contributed by atoms with Gasteiger partial charge in [-0.1, -0.05) is 6.92 Å². The predicted octanol–water partition coefficient (Wildman–Crippen LogP) is 2.08. The van der Waals surface area contributed by atoms with Crippen molar-refractivity contribution in [3.05, 3.63) is 23.3 Å². The average molecular weight is 184 g/mol. The summed E-state index contributed by atoms with van der Waals surface area (Å²) in [6.45, 7) is 4.22. The molecule has 8 heavy (non-hydrogen) atoms. The van der Waals surface area contributed by atoms with Gasteiger partial charge in [0, 0.05) is 26.2 Å². The summed E-state index contributed by atoms with van der Waals surface area (Å²) in [6.07, 6.45) is 6.41. The van der Waals surface area contributed by atoms with Gasteiger partial charge in [-0.05, 0) is 0 Å². The predicted molar refractivity (Wildman–Crippen MR) is 30.8 cm³/mol. The Kier molecular flexibility index (Phi) is 3.55. The minimum absolute atomic E-state index is 0. The van der Waals surface area contributed by atoms with Crippen LogP contribution in [0.25, 0.3) is 0 Å². The monoisotopic (exact) mass is 183 g/mol. The van der Waals surface area contributed by atoms with Crippen LogP contribution in [0.3, 0.4) is 0 Å². The van der Waals surface area contributed by atoms with Crippen LogP contribution in [0, 0.1) is 6.08 Å². The number of rotatable bonds is 0. The molecule has 0 bridgehead atoms. The molecular weight excluding hydrogens is 175 g/mol. The van der Waals surface area contributed by atoms with Crippen molar-refractivity contribution in [2.45, 2.75) is 20.3 Å². The maximum Gasteiger partial charge on any atom is 0 e. The number of allylic oxidation sites excluding steroid dienone is 4. The molecule has 1 rings (SSSR count). The molecule has 0 N–H and O–H groups in total. The first-order valence-electron chi connectivity index (χ1n) is 2.55. The van der Waals surface area contributed by atoms with Gasteiger partial charge in [0.1, 0.15) is 0 Å². The molecule has 0 aromatic carbocycles. The van der Waals surface area contributed by atoms with Gasteiger partial charge in [0.2, 0.25) is 0 Å². The van der Waals surface area contributed by atoms with Gasteiger partial charge in [-0.3, -0.25) is 6.08 Å². The Hall–Kier alpha value is 0.363. The van der Waals surface area contributed by atoms with E-state index in [9.17, 15) is 0 Å². The molecule has 1 aliphatic carbocycles. The van der Waals surface area contributed by atoms with Crippen molar-refractivity contribution in [3.8, 4) is 0 Å². The van der Waals surface area contributed by atoms with E-state index in [4.69, 9.17) is 0 Å². The molecule has 0 heterocycles. The molecule has 0 radical (unpaired) electrons. The molecule has 0 spiro atoms. The Bertz CT molecular complexity index is 115. The van der Waals surface area contributed by atoms with Gasteiger partial charge >= 0.3 is 0 Å². The van der Waals surface area contributed by atoms with E-state index in [1.165, 1.54) is 11.1 Å². The summed E-state index contributed by atoms with van der Waals surface area (Å²) in [4.78, 5) is 0. The van der Waals surface area contributed by atoms with E-state index in [0.29, 0.717) is 0 Å². The van der Waals surface area contributed by atoms with Crippen molar-refractivity contribution >= 4 is 0 Å². The Morgan fingerprint density at radius 1 is 1.50 bits per heavy atom. The summed E-state index contributed by atoms with van der Waals surface area (Å²) >= 11 is 0. The Morgan fingerprint density at radius 2 is 2.12 bits per heavy atom. The van der Waals surface area contributed by atoms with Gasteiger partial charge < -0.3 is 0 Å². The Labute approximate surface area is 69.8 Å². The van der Waals surface area contributed by atoms with E-state index in [0.717, 1.165) is 6.42 Å². The Balaban J connectivity index is 0.000000490. The minimum Gasteiger partial charge on any atom is -0.270 e. The third-order valence-corrected chi connectivity index (χ3v) is 1.37. The van der Waals surface area contributed by atoms with Crippen LogP contribution < -0.4 is 0 Å². The third kappa shape index (κ3) is 1.70. The van der Waals surface area contributed by atoms with E-state index < -0.39 is 0 Å². The van der Waals surface area contributed by atoms with E-state index in [1.54, 1.807) is 0 Å². The molecule has 1 aliphatic rings. The van der Waals surface area contributed by atoms with Gasteiger partial charge in [-0.2, -0.15) is 6.08 Å². The van der Waals surface area contributed by atoms with Crippen molar-refractivity contribution in [2.24, 2.45) is 0 Å². The number of hydrogen-bond acceptors (Lipinski definition) is 0. The molecular formula is C7H9Zr-. The van der Waals surface area contributed by atoms with E-state index in [1.807, 2.05) is 0 Å². The summed E-state index contributed by atoms with van der Waals surface area (Å²) in [5, 5.41) is 0. The van der Waals surface area contributed by atoms with Crippen molar-refractivity contribution < 1.29 is 26.2 Å². The van der Waals surface area contributed by atoms with Crippen molar-refractivity contribution in [1.29, 1.82) is 0 Å². The van der Waals surface area contributed by atoms with Crippen LogP contribution in [0.15, 0.2) is 17.2 Å². The first-order valence-corrected chi connectivity index (χ1v) is 2.55. The van der Waals surface area contributed by atoms with Gasteiger partial charge in [-0.15, -0.1) is 13.3 Å². The van der Waals surface area contributed by atoms with Crippen LogP contribution in [0.5, 0.6) is 0 Å². The van der Waals surface area contributed by atoms with Gasteiger partial charge in [-0.25, -0.2) is 11.1 Å². The maximum absolute atomic E-state index is 3.19. The fraction of sp³-hybridized carbons (Fsp3) is 0.429. The summed E-state index contributed by atoms with van der Waals surface area (Å²) in [5.74, 6) is 0. The molecule has 0 aromatic heterocycles. The zero-order chi connectivity index (χ0) is 5.28. The second-order valence-electron chi connectivity index (χ2n) is 1.89. The zero-order valence-electron chi connectivity index (χ0n) is 5.28. The summed E-state index contributed by atoms with van der Waals surface area (Å²) < 4.78 is 0. The van der Waals surface area contributed by atoms with Crippen LogP contribution in [0.2, 0.25) is 0 Å². The average Bonchev–Trinajstić information content (AvgIpc) is 1.91. The standard InChI is InChI=1S/C7H9.Zr/c1-6-4-3-5-7(6)2;/h4H,3H2,1-2H3;/q-1;. The van der Waals surface area contributed by atoms with Gasteiger partial charge in [0.25, 0.3) is 0 Å². The molecule has 0 atom stereocenters. The van der Waals surface area contributed by atoms with Gasteiger partial charge in [0.15, 0.2) is 0 Å². The third-order valence-electron chi connectivity index (χ3n) is 1.37. The summed E-state index contributed by atoms with van der Waals surface area (Å²) in [6, 6.07) is 0. The molecule has 0 saturated heterocycles. The zero-order valence-corrected chi connectivity index (χ0v) is 7.74. The van der Waals surface area contributed by atoms with E-state index >= 15 is 0 Å². The normalized spacial score (nSPS) is 16.8. The molecule has 0 unspecified atom stereocenters. The SMILES string of the molecule is CC1=[C-]CC=C1C.[Zr]. The van der Waals surface area contributed by atoms with Crippen molar-refractivity contribution in [2.75, 3.05) is 0 Å².